The lowest BCUT2D eigenvalue weighted by Crippen LogP contribution is -2.36. The van der Waals surface area contributed by atoms with Gasteiger partial charge in [0, 0.05) is 12.2 Å². The quantitative estimate of drug-likeness (QED) is 0.255. The van der Waals surface area contributed by atoms with E-state index in [1.807, 2.05) is 6.07 Å². The predicted molar refractivity (Wildman–Crippen MR) is 141 cm³/mol. The second kappa shape index (κ2) is 12.5. The van der Waals surface area contributed by atoms with E-state index in [9.17, 15) is 10.0 Å². The van der Waals surface area contributed by atoms with Crippen LogP contribution in [0.1, 0.15) is 59.8 Å². The fraction of sp³-hybridized carbons (Fsp3) is 0.414. The molecule has 0 fully saturated rings. The minimum absolute atomic E-state index is 0.0329. The zero-order valence-electron chi connectivity index (χ0n) is 21.2. The molecule has 0 saturated heterocycles. The van der Waals surface area contributed by atoms with E-state index in [1.54, 1.807) is 20.3 Å². The summed E-state index contributed by atoms with van der Waals surface area (Å²) in [6.07, 6.45) is 6.21. The number of hydrogen-bond acceptors (Lipinski definition) is 7. The first-order valence-corrected chi connectivity index (χ1v) is 12.6. The lowest BCUT2D eigenvalue weighted by Gasteiger charge is -2.38. The summed E-state index contributed by atoms with van der Waals surface area (Å²) in [6, 6.07) is 18.6. The predicted octanol–water partition coefficient (Wildman–Crippen LogP) is 5.82. The highest BCUT2D eigenvalue weighted by molar-refractivity contribution is 5.51. The maximum absolute atomic E-state index is 10.5. The molecule has 0 amide bonds. The lowest BCUT2D eigenvalue weighted by molar-refractivity contribution is 0.207. The van der Waals surface area contributed by atoms with Gasteiger partial charge in [-0.2, -0.15) is 4.91 Å². The largest absolute Gasteiger partial charge is 0.506 e. The number of nitrogens with zero attached hydrogens (tertiary/aromatic N) is 3. The number of nitroso groups, excluding NO2 is 1. The molecule has 0 radical (unpaired) electrons. The van der Waals surface area contributed by atoms with Crippen molar-refractivity contribution >= 4 is 0 Å². The Kier molecular flexibility index (Phi) is 8.90. The molecule has 7 heteroatoms. The normalized spacial score (nSPS) is 15.3. The summed E-state index contributed by atoms with van der Waals surface area (Å²) in [6.45, 7) is 1.94. The van der Waals surface area contributed by atoms with Crippen LogP contribution in [0.2, 0.25) is 0 Å². The molecule has 190 valence electrons. The molecule has 4 rings (SSSR count). The molecule has 3 aromatic rings. The molecule has 1 unspecified atom stereocenters. The van der Waals surface area contributed by atoms with Crippen LogP contribution in [0.15, 0.2) is 59.8 Å². The van der Waals surface area contributed by atoms with Crippen LogP contribution in [0.25, 0.3) is 0 Å². The zero-order valence-corrected chi connectivity index (χ0v) is 21.2. The summed E-state index contributed by atoms with van der Waals surface area (Å²) < 4.78 is 11.2. The van der Waals surface area contributed by atoms with Crippen LogP contribution in [-0.4, -0.2) is 42.3 Å². The van der Waals surface area contributed by atoms with Gasteiger partial charge in [-0.05, 0) is 73.2 Å². The summed E-state index contributed by atoms with van der Waals surface area (Å²) in [7, 11) is 3.38. The molecule has 1 aromatic heterocycles. The van der Waals surface area contributed by atoms with Gasteiger partial charge in [0.1, 0.15) is 18.0 Å². The van der Waals surface area contributed by atoms with Crippen LogP contribution in [0.4, 0.5) is 0 Å². The van der Waals surface area contributed by atoms with Crippen molar-refractivity contribution in [3.8, 4) is 17.2 Å². The van der Waals surface area contributed by atoms with Crippen LogP contribution in [0.5, 0.6) is 17.2 Å². The molecule has 1 N–H and O–H groups in total. The van der Waals surface area contributed by atoms with E-state index in [0.717, 1.165) is 68.8 Å². The van der Waals surface area contributed by atoms with E-state index < -0.39 is 0 Å². The highest BCUT2D eigenvalue weighted by atomic mass is 16.5. The fourth-order valence-electron chi connectivity index (χ4n) is 5.09. The van der Waals surface area contributed by atoms with Crippen molar-refractivity contribution in [1.29, 1.82) is 0 Å². The number of methoxy groups -OCH3 is 2. The smallest absolute Gasteiger partial charge is 0.161 e. The molecule has 0 saturated carbocycles. The minimum atomic E-state index is -0.0973. The van der Waals surface area contributed by atoms with Crippen molar-refractivity contribution in [2.75, 3.05) is 27.3 Å². The molecule has 1 aliphatic rings. The number of aromatic nitrogens is 1. The number of rotatable bonds is 12. The summed E-state index contributed by atoms with van der Waals surface area (Å²) >= 11 is 0. The number of ether oxygens (including phenoxy) is 2. The van der Waals surface area contributed by atoms with E-state index >= 15 is 0 Å². The summed E-state index contributed by atoms with van der Waals surface area (Å²) in [5.41, 5.74) is 5.17. The van der Waals surface area contributed by atoms with Crippen molar-refractivity contribution < 1.29 is 14.6 Å². The molecular weight excluding hydrogens is 454 g/mol. The van der Waals surface area contributed by atoms with Crippen molar-refractivity contribution in [3.05, 3.63) is 87.6 Å². The van der Waals surface area contributed by atoms with Gasteiger partial charge in [0.05, 0.1) is 20.3 Å². The van der Waals surface area contributed by atoms with E-state index in [2.05, 4.69) is 57.5 Å². The SMILES string of the molecule is COc1cc2c(cc1OC)C(c1ccccc1)N(CCCCCCc1ccc(O)c(CN=O)n1)CC2. The van der Waals surface area contributed by atoms with Crippen molar-refractivity contribution in [2.24, 2.45) is 5.18 Å². The van der Waals surface area contributed by atoms with Crippen molar-refractivity contribution in [2.45, 2.75) is 51.1 Å². The first-order valence-electron chi connectivity index (χ1n) is 12.6. The Labute approximate surface area is 213 Å². The van der Waals surface area contributed by atoms with Crippen LogP contribution < -0.4 is 9.47 Å². The van der Waals surface area contributed by atoms with E-state index in [4.69, 9.17) is 9.47 Å². The molecule has 1 aliphatic heterocycles. The Bertz CT molecular complexity index is 1150. The first-order chi connectivity index (χ1) is 17.6. The molecule has 36 heavy (non-hydrogen) atoms. The van der Waals surface area contributed by atoms with Gasteiger partial charge < -0.3 is 14.6 Å². The highest BCUT2D eigenvalue weighted by Crippen LogP contribution is 2.41. The lowest BCUT2D eigenvalue weighted by atomic mass is 9.87. The number of hydrogen-bond donors (Lipinski definition) is 1. The number of unbranched alkanes of at least 4 members (excludes halogenated alkanes) is 3. The standard InChI is InChI=1S/C29H35N3O4/c1-35-27-18-22-15-17-32(29(21-10-6-5-7-11-21)24(22)19-28(27)36-2)16-9-4-3-8-12-23-13-14-26(33)25(31-23)20-30-34/h5-7,10-11,13-14,18-19,29,33H,3-4,8-9,12,15-17,20H2,1-2H3. The number of aryl methyl sites for hydroxylation is 1. The molecule has 0 spiro atoms. The van der Waals surface area contributed by atoms with Gasteiger partial charge in [-0.15, -0.1) is 0 Å². The Morgan fingerprint density at radius 3 is 2.50 bits per heavy atom. The molecular formula is C29H35N3O4. The van der Waals surface area contributed by atoms with Gasteiger partial charge in [-0.3, -0.25) is 9.88 Å². The Balaban J connectivity index is 1.37. The van der Waals surface area contributed by atoms with Crippen LogP contribution in [-0.2, 0) is 19.4 Å². The minimum Gasteiger partial charge on any atom is -0.506 e. The van der Waals surface area contributed by atoms with E-state index in [0.29, 0.717) is 5.69 Å². The second-order valence-corrected chi connectivity index (χ2v) is 9.23. The van der Waals surface area contributed by atoms with Crippen molar-refractivity contribution in [1.82, 2.24) is 9.88 Å². The Hall–Kier alpha value is -3.45. The first kappa shape index (κ1) is 25.6. The van der Waals surface area contributed by atoms with Gasteiger partial charge in [-0.1, -0.05) is 48.4 Å². The summed E-state index contributed by atoms with van der Waals surface area (Å²) in [5.74, 6) is 1.59. The number of fused-ring (bicyclic) bond motifs is 1. The van der Waals surface area contributed by atoms with E-state index in [1.165, 1.54) is 16.7 Å². The highest BCUT2D eigenvalue weighted by Gasteiger charge is 2.30. The van der Waals surface area contributed by atoms with Crippen LogP contribution >= 0.6 is 0 Å². The van der Waals surface area contributed by atoms with Gasteiger partial charge in [-0.25, -0.2) is 0 Å². The number of pyridine rings is 1. The number of aromatic hydroxyl groups is 1. The average Bonchev–Trinajstić information content (AvgIpc) is 2.91. The molecule has 7 nitrogen and oxygen atoms in total. The number of benzene rings is 2. The average molecular weight is 490 g/mol. The van der Waals surface area contributed by atoms with Crippen LogP contribution in [0.3, 0.4) is 0 Å². The third-order valence-corrected chi connectivity index (χ3v) is 6.94. The second-order valence-electron chi connectivity index (χ2n) is 9.23. The third kappa shape index (κ3) is 6.02. The maximum Gasteiger partial charge on any atom is 0.161 e. The Morgan fingerprint density at radius 1 is 1.00 bits per heavy atom. The molecule has 2 aromatic carbocycles. The molecule has 1 atom stereocenters. The third-order valence-electron chi connectivity index (χ3n) is 6.94. The Morgan fingerprint density at radius 2 is 1.75 bits per heavy atom. The topological polar surface area (TPSA) is 84.3 Å². The maximum atomic E-state index is 10.5. The van der Waals surface area contributed by atoms with Gasteiger partial charge in [0.25, 0.3) is 0 Å². The van der Waals surface area contributed by atoms with Gasteiger partial charge >= 0.3 is 0 Å². The van der Waals surface area contributed by atoms with Crippen LogP contribution in [0, 0.1) is 4.91 Å². The monoisotopic (exact) mass is 489 g/mol. The van der Waals surface area contributed by atoms with E-state index in [-0.39, 0.29) is 18.3 Å². The van der Waals surface area contributed by atoms with Gasteiger partial charge in [0.2, 0.25) is 0 Å². The summed E-state index contributed by atoms with van der Waals surface area (Å²) in [4.78, 5) is 17.5. The molecule has 0 aliphatic carbocycles. The van der Waals surface area contributed by atoms with Crippen molar-refractivity contribution in [3.63, 3.8) is 0 Å². The molecule has 0 bridgehead atoms. The summed E-state index contributed by atoms with van der Waals surface area (Å²) in [5, 5.41) is 12.6. The zero-order chi connectivity index (χ0) is 25.3. The van der Waals surface area contributed by atoms with Gasteiger partial charge in [0.15, 0.2) is 11.5 Å². The molecule has 2 heterocycles. The fourth-order valence-corrected chi connectivity index (χ4v) is 5.09.